The van der Waals surface area contributed by atoms with Crippen LogP contribution in [-0.2, 0) is 6.61 Å². The molecule has 90 valence electrons. The van der Waals surface area contributed by atoms with Gasteiger partial charge in [-0.15, -0.1) is 0 Å². The van der Waals surface area contributed by atoms with Gasteiger partial charge in [0.15, 0.2) is 0 Å². The molecule has 0 fully saturated rings. The molecule has 0 aliphatic carbocycles. The van der Waals surface area contributed by atoms with Gasteiger partial charge in [-0.2, -0.15) is 11.3 Å². The van der Waals surface area contributed by atoms with Crippen LogP contribution >= 0.6 is 27.3 Å². The zero-order valence-electron chi connectivity index (χ0n) is 9.52. The number of ether oxygens (including phenoxy) is 1. The van der Waals surface area contributed by atoms with Crippen LogP contribution in [0.2, 0.25) is 0 Å². The Morgan fingerprint density at radius 3 is 2.88 bits per heavy atom. The van der Waals surface area contributed by atoms with E-state index in [1.165, 1.54) is 5.56 Å². The fourth-order valence-electron chi connectivity index (χ4n) is 1.55. The van der Waals surface area contributed by atoms with Gasteiger partial charge >= 0.3 is 0 Å². The fraction of sp³-hybridized carbons (Fsp3) is 0.231. The van der Waals surface area contributed by atoms with E-state index in [1.54, 1.807) is 11.3 Å². The van der Waals surface area contributed by atoms with Gasteiger partial charge in [-0.1, -0.05) is 22.0 Å². The standard InChI is InChI=1S/C13H14BrNOS/c1-9(15)12-3-2-11(14)6-13(12)16-7-10-4-5-17-8-10/h2-6,8-9H,7,15H2,1H3/t9-/m0/s1. The number of thiophene rings is 1. The van der Waals surface area contributed by atoms with Gasteiger partial charge in [0, 0.05) is 16.1 Å². The summed E-state index contributed by atoms with van der Waals surface area (Å²) in [6.45, 7) is 2.54. The van der Waals surface area contributed by atoms with E-state index in [-0.39, 0.29) is 6.04 Å². The van der Waals surface area contributed by atoms with E-state index in [0.29, 0.717) is 6.61 Å². The summed E-state index contributed by atoms with van der Waals surface area (Å²) in [5, 5.41) is 4.13. The second-order valence-corrected chi connectivity index (χ2v) is 5.59. The number of halogens is 1. The normalized spacial score (nSPS) is 12.4. The minimum Gasteiger partial charge on any atom is -0.488 e. The molecule has 0 bridgehead atoms. The molecule has 0 aliphatic rings. The molecule has 17 heavy (non-hydrogen) atoms. The first-order valence-corrected chi connectivity index (χ1v) is 7.09. The van der Waals surface area contributed by atoms with Gasteiger partial charge < -0.3 is 10.5 Å². The number of hydrogen-bond acceptors (Lipinski definition) is 3. The lowest BCUT2D eigenvalue weighted by Gasteiger charge is -2.14. The van der Waals surface area contributed by atoms with Crippen LogP contribution in [0, 0.1) is 0 Å². The highest BCUT2D eigenvalue weighted by atomic mass is 79.9. The molecule has 0 saturated carbocycles. The van der Waals surface area contributed by atoms with Crippen molar-refractivity contribution in [2.24, 2.45) is 5.73 Å². The van der Waals surface area contributed by atoms with Gasteiger partial charge in [-0.3, -0.25) is 0 Å². The van der Waals surface area contributed by atoms with Crippen molar-refractivity contribution in [2.75, 3.05) is 0 Å². The van der Waals surface area contributed by atoms with Crippen molar-refractivity contribution in [3.05, 3.63) is 50.6 Å². The van der Waals surface area contributed by atoms with E-state index in [0.717, 1.165) is 15.8 Å². The topological polar surface area (TPSA) is 35.2 Å². The van der Waals surface area contributed by atoms with Gasteiger partial charge in [-0.25, -0.2) is 0 Å². The first kappa shape index (κ1) is 12.6. The van der Waals surface area contributed by atoms with Crippen molar-refractivity contribution < 1.29 is 4.74 Å². The Morgan fingerprint density at radius 2 is 2.24 bits per heavy atom. The number of rotatable bonds is 4. The Balaban J connectivity index is 2.16. The number of hydrogen-bond donors (Lipinski definition) is 1. The second-order valence-electron chi connectivity index (χ2n) is 3.89. The molecule has 2 N–H and O–H groups in total. The zero-order chi connectivity index (χ0) is 12.3. The lowest BCUT2D eigenvalue weighted by Crippen LogP contribution is -2.08. The molecular formula is C13H14BrNOS. The van der Waals surface area contributed by atoms with Gasteiger partial charge in [0.25, 0.3) is 0 Å². The van der Waals surface area contributed by atoms with E-state index in [4.69, 9.17) is 10.5 Å². The maximum Gasteiger partial charge on any atom is 0.125 e. The monoisotopic (exact) mass is 311 g/mol. The van der Waals surface area contributed by atoms with E-state index in [1.807, 2.05) is 30.5 Å². The zero-order valence-corrected chi connectivity index (χ0v) is 11.9. The molecule has 0 unspecified atom stereocenters. The van der Waals surface area contributed by atoms with Gasteiger partial charge in [0.2, 0.25) is 0 Å². The van der Waals surface area contributed by atoms with Crippen LogP contribution in [-0.4, -0.2) is 0 Å². The van der Waals surface area contributed by atoms with Crippen LogP contribution < -0.4 is 10.5 Å². The number of benzene rings is 1. The minimum absolute atomic E-state index is 0.0272. The lowest BCUT2D eigenvalue weighted by atomic mass is 10.1. The van der Waals surface area contributed by atoms with Crippen molar-refractivity contribution in [2.45, 2.75) is 19.6 Å². The molecule has 0 amide bonds. The summed E-state index contributed by atoms with van der Waals surface area (Å²) in [5.74, 6) is 0.848. The molecule has 0 aliphatic heterocycles. The molecule has 2 aromatic rings. The van der Waals surface area contributed by atoms with E-state index < -0.39 is 0 Å². The maximum atomic E-state index is 5.92. The van der Waals surface area contributed by atoms with E-state index in [2.05, 4.69) is 27.4 Å². The molecule has 1 heterocycles. The van der Waals surface area contributed by atoms with Gasteiger partial charge in [-0.05, 0) is 41.4 Å². The maximum absolute atomic E-state index is 5.92. The summed E-state index contributed by atoms with van der Waals surface area (Å²) in [5.41, 5.74) is 8.14. The summed E-state index contributed by atoms with van der Waals surface area (Å²) in [6, 6.07) is 7.98. The smallest absolute Gasteiger partial charge is 0.125 e. The van der Waals surface area contributed by atoms with Gasteiger partial charge in [0.05, 0.1) is 0 Å². The molecule has 2 nitrogen and oxygen atoms in total. The molecule has 1 atom stereocenters. The molecular weight excluding hydrogens is 298 g/mol. The first-order valence-electron chi connectivity index (χ1n) is 5.35. The largest absolute Gasteiger partial charge is 0.488 e. The third-order valence-electron chi connectivity index (χ3n) is 2.44. The van der Waals surface area contributed by atoms with Crippen LogP contribution in [0.5, 0.6) is 5.75 Å². The van der Waals surface area contributed by atoms with Crippen molar-refractivity contribution in [1.82, 2.24) is 0 Å². The molecule has 0 radical (unpaired) electrons. The first-order chi connectivity index (χ1) is 8.16. The Bertz CT molecular complexity index is 482. The quantitative estimate of drug-likeness (QED) is 0.922. The highest BCUT2D eigenvalue weighted by Crippen LogP contribution is 2.28. The van der Waals surface area contributed by atoms with Crippen molar-refractivity contribution >= 4 is 27.3 Å². The predicted molar refractivity (Wildman–Crippen MR) is 75.4 cm³/mol. The Morgan fingerprint density at radius 1 is 1.41 bits per heavy atom. The fourth-order valence-corrected chi connectivity index (χ4v) is 2.54. The lowest BCUT2D eigenvalue weighted by molar-refractivity contribution is 0.302. The number of nitrogens with two attached hydrogens (primary N) is 1. The summed E-state index contributed by atoms with van der Waals surface area (Å²) >= 11 is 5.12. The second kappa shape index (κ2) is 5.67. The third kappa shape index (κ3) is 3.31. The highest BCUT2D eigenvalue weighted by Gasteiger charge is 2.09. The minimum atomic E-state index is -0.0272. The van der Waals surface area contributed by atoms with Crippen molar-refractivity contribution in [3.63, 3.8) is 0 Å². The van der Waals surface area contributed by atoms with Crippen LogP contribution in [0.3, 0.4) is 0 Å². The van der Waals surface area contributed by atoms with E-state index >= 15 is 0 Å². The Hall–Kier alpha value is -0.840. The third-order valence-corrected chi connectivity index (χ3v) is 3.67. The van der Waals surface area contributed by atoms with E-state index in [9.17, 15) is 0 Å². The summed E-state index contributed by atoms with van der Waals surface area (Å²) < 4.78 is 6.82. The molecule has 4 heteroatoms. The van der Waals surface area contributed by atoms with Crippen LogP contribution in [0.15, 0.2) is 39.5 Å². The molecule has 1 aromatic heterocycles. The Labute approximate surface area is 114 Å². The SMILES string of the molecule is C[C@H](N)c1ccc(Br)cc1OCc1ccsc1. The summed E-state index contributed by atoms with van der Waals surface area (Å²) in [4.78, 5) is 0. The van der Waals surface area contributed by atoms with Crippen LogP contribution in [0.4, 0.5) is 0 Å². The van der Waals surface area contributed by atoms with Crippen LogP contribution in [0.1, 0.15) is 24.1 Å². The predicted octanol–water partition coefficient (Wildman–Crippen LogP) is 4.11. The molecule has 0 spiro atoms. The van der Waals surface area contributed by atoms with Gasteiger partial charge in [0.1, 0.15) is 12.4 Å². The average molecular weight is 312 g/mol. The molecule has 2 rings (SSSR count). The van der Waals surface area contributed by atoms with Crippen LogP contribution in [0.25, 0.3) is 0 Å². The van der Waals surface area contributed by atoms with Crippen molar-refractivity contribution in [1.29, 1.82) is 0 Å². The summed E-state index contributed by atoms with van der Waals surface area (Å²) in [7, 11) is 0. The molecule has 1 aromatic carbocycles. The Kier molecular flexibility index (Phi) is 4.20. The van der Waals surface area contributed by atoms with Crippen molar-refractivity contribution in [3.8, 4) is 5.75 Å². The average Bonchev–Trinajstić information content (AvgIpc) is 2.78. The highest BCUT2D eigenvalue weighted by molar-refractivity contribution is 9.10. The summed E-state index contributed by atoms with van der Waals surface area (Å²) in [6.07, 6.45) is 0. The molecule has 0 saturated heterocycles.